The molecule has 1 aromatic carbocycles. The summed E-state index contributed by atoms with van der Waals surface area (Å²) >= 11 is 0. The molecule has 3 nitrogen and oxygen atoms in total. The average Bonchev–Trinajstić information content (AvgIpc) is 2.31. The standard InChI is InChI=1S/C12H15N2O/c15-12(10-6-8-13-9-7-10)14-11-4-2-1-3-5-11/h1-2,4-5,10,13H,6-9H2,(H,14,15). The van der Waals surface area contributed by atoms with E-state index in [-0.39, 0.29) is 11.8 Å². The van der Waals surface area contributed by atoms with Crippen molar-refractivity contribution in [1.82, 2.24) is 5.32 Å². The fraction of sp³-hybridized carbons (Fsp3) is 0.417. The van der Waals surface area contributed by atoms with E-state index >= 15 is 0 Å². The first-order valence-electron chi connectivity index (χ1n) is 5.34. The minimum absolute atomic E-state index is 0.135. The maximum atomic E-state index is 11.8. The predicted octanol–water partition coefficient (Wildman–Crippen LogP) is 1.42. The Hall–Kier alpha value is -1.35. The zero-order chi connectivity index (χ0) is 10.5. The molecule has 0 bridgehead atoms. The van der Waals surface area contributed by atoms with Crippen molar-refractivity contribution in [2.24, 2.45) is 5.92 Å². The van der Waals surface area contributed by atoms with Crippen LogP contribution in [0.25, 0.3) is 0 Å². The number of hydrogen-bond acceptors (Lipinski definition) is 2. The van der Waals surface area contributed by atoms with Gasteiger partial charge in [0.1, 0.15) is 0 Å². The van der Waals surface area contributed by atoms with Crippen molar-refractivity contribution in [3.63, 3.8) is 0 Å². The molecule has 3 heteroatoms. The second-order valence-electron chi connectivity index (χ2n) is 3.81. The number of rotatable bonds is 2. The van der Waals surface area contributed by atoms with Gasteiger partial charge in [0.2, 0.25) is 5.91 Å². The van der Waals surface area contributed by atoms with E-state index in [9.17, 15) is 4.79 Å². The van der Waals surface area contributed by atoms with Gasteiger partial charge < -0.3 is 10.6 Å². The first kappa shape index (κ1) is 10.2. The summed E-state index contributed by atoms with van der Waals surface area (Å²) in [5.74, 6) is 0.294. The van der Waals surface area contributed by atoms with Crippen molar-refractivity contribution in [3.8, 4) is 0 Å². The van der Waals surface area contributed by atoms with E-state index in [1.807, 2.05) is 18.2 Å². The van der Waals surface area contributed by atoms with Gasteiger partial charge in [-0.3, -0.25) is 4.79 Å². The summed E-state index contributed by atoms with van der Waals surface area (Å²) in [6.07, 6.45) is 1.87. The molecule has 79 valence electrons. The Bertz CT molecular complexity index is 318. The van der Waals surface area contributed by atoms with Crippen LogP contribution in [0.4, 0.5) is 5.69 Å². The topological polar surface area (TPSA) is 41.1 Å². The Morgan fingerprint density at radius 3 is 2.93 bits per heavy atom. The maximum Gasteiger partial charge on any atom is 0.227 e. The summed E-state index contributed by atoms with van der Waals surface area (Å²) in [5, 5.41) is 6.16. The fourth-order valence-corrected chi connectivity index (χ4v) is 1.80. The van der Waals surface area contributed by atoms with Gasteiger partial charge in [-0.25, -0.2) is 0 Å². The zero-order valence-electron chi connectivity index (χ0n) is 8.62. The molecule has 0 unspecified atom stereocenters. The summed E-state index contributed by atoms with van der Waals surface area (Å²) in [6, 6.07) is 10.3. The van der Waals surface area contributed by atoms with E-state index in [1.165, 1.54) is 0 Å². The van der Waals surface area contributed by atoms with Crippen LogP contribution in [0, 0.1) is 12.0 Å². The molecule has 15 heavy (non-hydrogen) atoms. The highest BCUT2D eigenvalue weighted by molar-refractivity contribution is 5.92. The Labute approximate surface area is 89.9 Å². The van der Waals surface area contributed by atoms with Crippen molar-refractivity contribution < 1.29 is 4.79 Å². The second kappa shape index (κ2) is 4.94. The van der Waals surface area contributed by atoms with Gasteiger partial charge in [0.05, 0.1) is 0 Å². The van der Waals surface area contributed by atoms with Crippen molar-refractivity contribution >= 4 is 11.6 Å². The Morgan fingerprint density at radius 2 is 2.27 bits per heavy atom. The first-order valence-corrected chi connectivity index (χ1v) is 5.34. The molecule has 2 N–H and O–H groups in total. The minimum atomic E-state index is 0.135. The predicted molar refractivity (Wildman–Crippen MR) is 59.5 cm³/mol. The second-order valence-corrected chi connectivity index (χ2v) is 3.81. The number of amides is 1. The molecular formula is C12H15N2O. The van der Waals surface area contributed by atoms with E-state index in [1.54, 1.807) is 6.07 Å². The van der Waals surface area contributed by atoms with Crippen molar-refractivity contribution in [3.05, 3.63) is 30.3 Å². The van der Waals surface area contributed by atoms with Crippen LogP contribution in [-0.2, 0) is 4.79 Å². The lowest BCUT2D eigenvalue weighted by Gasteiger charge is -2.21. The number of benzene rings is 1. The van der Waals surface area contributed by atoms with Crippen LogP contribution in [0.3, 0.4) is 0 Å². The van der Waals surface area contributed by atoms with E-state index in [2.05, 4.69) is 16.7 Å². The average molecular weight is 203 g/mol. The lowest BCUT2D eigenvalue weighted by atomic mass is 9.97. The van der Waals surface area contributed by atoms with Gasteiger partial charge in [0.25, 0.3) is 0 Å². The van der Waals surface area contributed by atoms with Gasteiger partial charge in [0, 0.05) is 11.6 Å². The van der Waals surface area contributed by atoms with Crippen LogP contribution in [0.1, 0.15) is 12.8 Å². The fourth-order valence-electron chi connectivity index (χ4n) is 1.80. The van der Waals surface area contributed by atoms with Crippen molar-refractivity contribution in [2.45, 2.75) is 12.8 Å². The van der Waals surface area contributed by atoms with E-state index in [4.69, 9.17) is 0 Å². The number of carbonyl (C=O) groups is 1. The number of carbonyl (C=O) groups excluding carboxylic acids is 1. The number of piperidine rings is 1. The maximum absolute atomic E-state index is 11.8. The molecule has 1 saturated heterocycles. The summed E-state index contributed by atoms with van der Waals surface area (Å²) in [6.45, 7) is 1.89. The number of nitrogens with one attached hydrogen (secondary N) is 2. The zero-order valence-corrected chi connectivity index (χ0v) is 8.62. The molecule has 2 rings (SSSR count). The van der Waals surface area contributed by atoms with Crippen molar-refractivity contribution in [1.29, 1.82) is 0 Å². The van der Waals surface area contributed by atoms with Crippen LogP contribution >= 0.6 is 0 Å². The van der Waals surface area contributed by atoms with Crippen LogP contribution in [0.15, 0.2) is 24.3 Å². The molecule has 1 amide bonds. The molecule has 0 saturated carbocycles. The first-order chi connectivity index (χ1) is 7.36. The molecule has 1 aliphatic rings. The SMILES string of the molecule is O=C(Nc1c[c]ccc1)C1CCNCC1. The molecular weight excluding hydrogens is 188 g/mol. The highest BCUT2D eigenvalue weighted by Crippen LogP contribution is 2.14. The van der Waals surface area contributed by atoms with Gasteiger partial charge in [-0.2, -0.15) is 0 Å². The molecule has 0 aliphatic carbocycles. The summed E-state index contributed by atoms with van der Waals surface area (Å²) in [4.78, 5) is 11.8. The third-order valence-corrected chi connectivity index (χ3v) is 2.68. The Morgan fingerprint density at radius 1 is 1.47 bits per heavy atom. The molecule has 1 fully saturated rings. The number of hydrogen-bond donors (Lipinski definition) is 2. The van der Waals surface area contributed by atoms with Gasteiger partial charge in [-0.1, -0.05) is 12.1 Å². The molecule has 1 aliphatic heterocycles. The van der Waals surface area contributed by atoms with Crippen LogP contribution < -0.4 is 10.6 Å². The monoisotopic (exact) mass is 203 g/mol. The molecule has 0 atom stereocenters. The normalized spacial score (nSPS) is 17.3. The molecule has 1 heterocycles. The summed E-state index contributed by atoms with van der Waals surface area (Å²) in [7, 11) is 0. The molecule has 0 aromatic heterocycles. The Balaban J connectivity index is 1.91. The largest absolute Gasteiger partial charge is 0.326 e. The van der Waals surface area contributed by atoms with E-state index in [0.717, 1.165) is 31.6 Å². The summed E-state index contributed by atoms with van der Waals surface area (Å²) in [5.41, 5.74) is 0.834. The van der Waals surface area contributed by atoms with Crippen LogP contribution in [-0.4, -0.2) is 19.0 Å². The van der Waals surface area contributed by atoms with Gasteiger partial charge in [-0.05, 0) is 44.1 Å². The lowest BCUT2D eigenvalue weighted by molar-refractivity contribution is -0.120. The third kappa shape index (κ3) is 2.80. The molecule has 0 spiro atoms. The van der Waals surface area contributed by atoms with Crippen LogP contribution in [0.2, 0.25) is 0 Å². The minimum Gasteiger partial charge on any atom is -0.326 e. The molecule has 1 radical (unpaired) electrons. The van der Waals surface area contributed by atoms with Crippen molar-refractivity contribution in [2.75, 3.05) is 18.4 Å². The lowest BCUT2D eigenvalue weighted by Crippen LogP contribution is -2.34. The van der Waals surface area contributed by atoms with Gasteiger partial charge in [0.15, 0.2) is 0 Å². The Kier molecular flexibility index (Phi) is 3.35. The summed E-state index contributed by atoms with van der Waals surface area (Å²) < 4.78 is 0. The quantitative estimate of drug-likeness (QED) is 0.763. The van der Waals surface area contributed by atoms with E-state index < -0.39 is 0 Å². The van der Waals surface area contributed by atoms with Gasteiger partial charge >= 0.3 is 0 Å². The van der Waals surface area contributed by atoms with Gasteiger partial charge in [-0.15, -0.1) is 0 Å². The smallest absolute Gasteiger partial charge is 0.227 e. The highest BCUT2D eigenvalue weighted by atomic mass is 16.1. The molecule has 1 aromatic rings. The van der Waals surface area contributed by atoms with Crippen LogP contribution in [0.5, 0.6) is 0 Å². The third-order valence-electron chi connectivity index (χ3n) is 2.68. The highest BCUT2D eigenvalue weighted by Gasteiger charge is 2.20. The number of anilines is 1. The van der Waals surface area contributed by atoms with E-state index in [0.29, 0.717) is 0 Å².